The molecule has 1 atom stereocenters. The molecular formula is C15H22N2O2. The van der Waals surface area contributed by atoms with Gasteiger partial charge in [0.05, 0.1) is 6.42 Å². The van der Waals surface area contributed by atoms with Crippen LogP contribution in [-0.2, 0) is 11.2 Å². The Balaban J connectivity index is 1.92. The fourth-order valence-electron chi connectivity index (χ4n) is 2.59. The molecule has 1 saturated heterocycles. The van der Waals surface area contributed by atoms with Crippen LogP contribution in [-0.4, -0.2) is 30.2 Å². The Kier molecular flexibility index (Phi) is 4.80. The van der Waals surface area contributed by atoms with Gasteiger partial charge in [-0.2, -0.15) is 0 Å². The molecule has 104 valence electrons. The summed E-state index contributed by atoms with van der Waals surface area (Å²) in [6.45, 7) is 2.27. The number of nitrogens with two attached hydrogens (primary N) is 1. The average Bonchev–Trinajstić information content (AvgIpc) is 2.39. The summed E-state index contributed by atoms with van der Waals surface area (Å²) in [5.41, 5.74) is 8.16. The quantitative estimate of drug-likeness (QED) is 0.852. The van der Waals surface area contributed by atoms with Gasteiger partial charge in [0.15, 0.2) is 0 Å². The molecule has 0 radical (unpaired) electrons. The minimum Gasteiger partial charge on any atom is -0.481 e. The van der Waals surface area contributed by atoms with Gasteiger partial charge in [-0.05, 0) is 43.4 Å². The molecular weight excluding hydrogens is 240 g/mol. The van der Waals surface area contributed by atoms with Crippen molar-refractivity contribution >= 4 is 11.7 Å². The van der Waals surface area contributed by atoms with Gasteiger partial charge in [-0.25, -0.2) is 0 Å². The number of carboxylic acids is 1. The molecule has 1 heterocycles. The number of hydrogen-bond donors (Lipinski definition) is 2. The van der Waals surface area contributed by atoms with Crippen molar-refractivity contribution in [1.82, 2.24) is 0 Å². The standard InChI is InChI=1S/C15H22N2O2/c16-13(11-15(18)19)10-12-4-6-14(7-5-12)17-8-2-1-3-9-17/h4-7,13H,1-3,8-11,16H2,(H,18,19)/t13-/m1/s1. The summed E-state index contributed by atoms with van der Waals surface area (Å²) in [6.07, 6.45) is 4.51. The van der Waals surface area contributed by atoms with Crippen LogP contribution in [0, 0.1) is 0 Å². The summed E-state index contributed by atoms with van der Waals surface area (Å²) < 4.78 is 0. The molecule has 2 rings (SSSR count). The van der Waals surface area contributed by atoms with Crippen LogP contribution in [0.25, 0.3) is 0 Å². The summed E-state index contributed by atoms with van der Waals surface area (Å²) in [5, 5.41) is 8.69. The predicted octanol–water partition coefficient (Wildman–Crippen LogP) is 2.02. The van der Waals surface area contributed by atoms with Crippen molar-refractivity contribution in [1.29, 1.82) is 0 Å². The molecule has 0 bridgehead atoms. The van der Waals surface area contributed by atoms with Gasteiger partial charge in [-0.3, -0.25) is 4.79 Å². The molecule has 3 N–H and O–H groups in total. The van der Waals surface area contributed by atoms with E-state index in [-0.39, 0.29) is 12.5 Å². The van der Waals surface area contributed by atoms with Crippen LogP contribution in [0.1, 0.15) is 31.2 Å². The molecule has 1 aliphatic rings. The number of aliphatic carboxylic acids is 1. The molecule has 4 heteroatoms. The number of hydrogen-bond acceptors (Lipinski definition) is 3. The second kappa shape index (κ2) is 6.57. The molecule has 0 amide bonds. The van der Waals surface area contributed by atoms with Crippen molar-refractivity contribution in [3.05, 3.63) is 29.8 Å². The Morgan fingerprint density at radius 2 is 1.84 bits per heavy atom. The van der Waals surface area contributed by atoms with Crippen LogP contribution in [0.5, 0.6) is 0 Å². The zero-order valence-electron chi connectivity index (χ0n) is 11.2. The normalized spacial score (nSPS) is 17.2. The highest BCUT2D eigenvalue weighted by molar-refractivity contribution is 5.67. The number of carbonyl (C=O) groups is 1. The first-order valence-corrected chi connectivity index (χ1v) is 6.96. The van der Waals surface area contributed by atoms with Gasteiger partial charge in [0.2, 0.25) is 0 Å². The van der Waals surface area contributed by atoms with Gasteiger partial charge in [0, 0.05) is 24.8 Å². The molecule has 0 aliphatic carbocycles. The maximum absolute atomic E-state index is 10.6. The average molecular weight is 262 g/mol. The Hall–Kier alpha value is -1.55. The second-order valence-electron chi connectivity index (χ2n) is 5.28. The molecule has 19 heavy (non-hydrogen) atoms. The third-order valence-corrected chi connectivity index (χ3v) is 3.59. The zero-order chi connectivity index (χ0) is 13.7. The molecule has 1 fully saturated rings. The minimum atomic E-state index is -0.836. The number of benzene rings is 1. The Morgan fingerprint density at radius 1 is 1.21 bits per heavy atom. The Morgan fingerprint density at radius 3 is 2.42 bits per heavy atom. The molecule has 1 aromatic carbocycles. The van der Waals surface area contributed by atoms with Crippen LogP contribution in [0.3, 0.4) is 0 Å². The monoisotopic (exact) mass is 262 g/mol. The molecule has 0 unspecified atom stereocenters. The number of carboxylic acid groups (broad SMARTS) is 1. The van der Waals surface area contributed by atoms with Crippen LogP contribution in [0.4, 0.5) is 5.69 Å². The lowest BCUT2D eigenvalue weighted by Gasteiger charge is -2.29. The molecule has 1 aromatic rings. The van der Waals surface area contributed by atoms with Crippen LogP contribution in [0.15, 0.2) is 24.3 Å². The third kappa shape index (κ3) is 4.24. The van der Waals surface area contributed by atoms with Gasteiger partial charge in [0.25, 0.3) is 0 Å². The summed E-state index contributed by atoms with van der Waals surface area (Å²) in [6, 6.07) is 8.05. The summed E-state index contributed by atoms with van der Waals surface area (Å²) >= 11 is 0. The first-order valence-electron chi connectivity index (χ1n) is 6.96. The lowest BCUT2D eigenvalue weighted by Crippen LogP contribution is -2.29. The Bertz CT molecular complexity index is 411. The maximum Gasteiger partial charge on any atom is 0.304 e. The van der Waals surface area contributed by atoms with Crippen molar-refractivity contribution < 1.29 is 9.90 Å². The van der Waals surface area contributed by atoms with Crippen LogP contribution < -0.4 is 10.6 Å². The summed E-state index contributed by atoms with van der Waals surface area (Å²) in [5.74, 6) is -0.836. The lowest BCUT2D eigenvalue weighted by molar-refractivity contribution is -0.137. The van der Waals surface area contributed by atoms with E-state index in [4.69, 9.17) is 10.8 Å². The maximum atomic E-state index is 10.6. The topological polar surface area (TPSA) is 66.6 Å². The third-order valence-electron chi connectivity index (χ3n) is 3.59. The van der Waals surface area contributed by atoms with Gasteiger partial charge in [-0.15, -0.1) is 0 Å². The van der Waals surface area contributed by atoms with E-state index in [1.807, 2.05) is 0 Å². The van der Waals surface area contributed by atoms with E-state index in [1.54, 1.807) is 0 Å². The summed E-state index contributed by atoms with van der Waals surface area (Å²) in [4.78, 5) is 13.0. The highest BCUT2D eigenvalue weighted by atomic mass is 16.4. The van der Waals surface area contributed by atoms with Gasteiger partial charge < -0.3 is 15.7 Å². The number of nitrogens with zero attached hydrogens (tertiary/aromatic N) is 1. The van der Waals surface area contributed by atoms with Crippen molar-refractivity contribution in [2.45, 2.75) is 38.1 Å². The van der Waals surface area contributed by atoms with Crippen LogP contribution in [0.2, 0.25) is 0 Å². The van der Waals surface area contributed by atoms with Gasteiger partial charge in [-0.1, -0.05) is 12.1 Å². The van der Waals surface area contributed by atoms with Gasteiger partial charge in [0.1, 0.15) is 0 Å². The van der Waals surface area contributed by atoms with E-state index in [0.29, 0.717) is 6.42 Å². The first kappa shape index (κ1) is 13.9. The van der Waals surface area contributed by atoms with E-state index in [0.717, 1.165) is 18.7 Å². The molecule has 0 spiro atoms. The van der Waals surface area contributed by atoms with E-state index in [2.05, 4.69) is 29.2 Å². The highest BCUT2D eigenvalue weighted by Crippen LogP contribution is 2.20. The van der Waals surface area contributed by atoms with Crippen molar-refractivity contribution in [2.24, 2.45) is 5.73 Å². The largest absolute Gasteiger partial charge is 0.481 e. The fraction of sp³-hybridized carbons (Fsp3) is 0.533. The Labute approximate surface area is 114 Å². The molecule has 0 aromatic heterocycles. The van der Waals surface area contributed by atoms with E-state index < -0.39 is 5.97 Å². The fourth-order valence-corrected chi connectivity index (χ4v) is 2.59. The van der Waals surface area contributed by atoms with E-state index in [1.165, 1.54) is 24.9 Å². The SMILES string of the molecule is N[C@@H](CC(=O)O)Cc1ccc(N2CCCCC2)cc1. The molecule has 1 aliphatic heterocycles. The smallest absolute Gasteiger partial charge is 0.304 e. The molecule has 4 nitrogen and oxygen atoms in total. The van der Waals surface area contributed by atoms with Crippen LogP contribution >= 0.6 is 0 Å². The van der Waals surface area contributed by atoms with E-state index in [9.17, 15) is 4.79 Å². The summed E-state index contributed by atoms with van der Waals surface area (Å²) in [7, 11) is 0. The number of rotatable bonds is 5. The minimum absolute atomic E-state index is 0.0217. The predicted molar refractivity (Wildman–Crippen MR) is 76.4 cm³/mol. The van der Waals surface area contributed by atoms with Gasteiger partial charge >= 0.3 is 5.97 Å². The lowest BCUT2D eigenvalue weighted by atomic mass is 10.0. The van der Waals surface area contributed by atoms with Crippen molar-refractivity contribution in [3.63, 3.8) is 0 Å². The van der Waals surface area contributed by atoms with E-state index >= 15 is 0 Å². The molecule has 0 saturated carbocycles. The van der Waals surface area contributed by atoms with Crippen molar-refractivity contribution in [3.8, 4) is 0 Å². The first-order chi connectivity index (χ1) is 9.15. The highest BCUT2D eigenvalue weighted by Gasteiger charge is 2.12. The van der Waals surface area contributed by atoms with Crippen molar-refractivity contribution in [2.75, 3.05) is 18.0 Å². The number of piperidine rings is 1. The second-order valence-corrected chi connectivity index (χ2v) is 5.28. The number of anilines is 1. The zero-order valence-corrected chi connectivity index (χ0v) is 11.2.